The van der Waals surface area contributed by atoms with E-state index in [0.717, 1.165) is 16.9 Å². The van der Waals surface area contributed by atoms with Crippen LogP contribution in [0.1, 0.15) is 16.8 Å². The molecule has 0 atom stereocenters. The Balaban J connectivity index is 2.00. The van der Waals surface area contributed by atoms with Crippen molar-refractivity contribution < 1.29 is 0 Å². The first-order chi connectivity index (χ1) is 8.81. The Morgan fingerprint density at radius 1 is 1.17 bits per heavy atom. The van der Waals surface area contributed by atoms with Crippen molar-refractivity contribution in [3.63, 3.8) is 0 Å². The molecule has 0 spiro atoms. The lowest BCUT2D eigenvalue weighted by atomic mass is 10.2. The van der Waals surface area contributed by atoms with Gasteiger partial charge in [-0.3, -0.25) is 0 Å². The number of aromatic nitrogens is 1. The highest BCUT2D eigenvalue weighted by Crippen LogP contribution is 2.23. The van der Waals surface area contributed by atoms with E-state index in [-0.39, 0.29) is 0 Å². The van der Waals surface area contributed by atoms with Crippen LogP contribution >= 0.6 is 11.8 Å². The van der Waals surface area contributed by atoms with Gasteiger partial charge in [0.2, 0.25) is 0 Å². The van der Waals surface area contributed by atoms with Crippen LogP contribution in [0.2, 0.25) is 0 Å². The molecular formula is C14H13N3S. The number of benzene rings is 1. The molecule has 2 rings (SSSR count). The van der Waals surface area contributed by atoms with Gasteiger partial charge >= 0.3 is 0 Å². The van der Waals surface area contributed by atoms with E-state index in [1.54, 1.807) is 18.0 Å². The van der Waals surface area contributed by atoms with Gasteiger partial charge in [-0.2, -0.15) is 5.26 Å². The molecule has 90 valence electrons. The van der Waals surface area contributed by atoms with E-state index < -0.39 is 0 Å². The van der Waals surface area contributed by atoms with E-state index >= 15 is 0 Å². The Bertz CT molecular complexity index is 558. The summed E-state index contributed by atoms with van der Waals surface area (Å²) in [4.78, 5) is 5.15. The lowest BCUT2D eigenvalue weighted by Crippen LogP contribution is -1.95. The number of rotatable bonds is 4. The molecule has 0 aliphatic heterocycles. The molecule has 0 aliphatic rings. The van der Waals surface area contributed by atoms with Gasteiger partial charge in [-0.25, -0.2) is 4.98 Å². The number of hydrogen-bond donors (Lipinski definition) is 1. The highest BCUT2D eigenvalue weighted by atomic mass is 32.2. The van der Waals surface area contributed by atoms with Crippen LogP contribution < -0.4 is 5.73 Å². The first-order valence-corrected chi connectivity index (χ1v) is 6.57. The molecule has 18 heavy (non-hydrogen) atoms. The van der Waals surface area contributed by atoms with Crippen LogP contribution in [0.4, 0.5) is 0 Å². The van der Waals surface area contributed by atoms with Crippen molar-refractivity contribution in [3.05, 3.63) is 59.4 Å². The molecule has 2 N–H and O–H groups in total. The molecular weight excluding hydrogens is 242 g/mol. The van der Waals surface area contributed by atoms with Crippen LogP contribution in [0.25, 0.3) is 0 Å². The van der Waals surface area contributed by atoms with Crippen LogP contribution in [-0.4, -0.2) is 4.98 Å². The van der Waals surface area contributed by atoms with E-state index in [1.165, 1.54) is 4.90 Å². The quantitative estimate of drug-likeness (QED) is 0.853. The predicted octanol–water partition coefficient (Wildman–Crippen LogP) is 2.70. The summed E-state index contributed by atoms with van der Waals surface area (Å²) in [7, 11) is 0. The molecule has 1 aromatic carbocycles. The fraction of sp³-hybridized carbons (Fsp3) is 0.143. The van der Waals surface area contributed by atoms with Crippen molar-refractivity contribution in [3.8, 4) is 6.07 Å². The molecule has 0 bridgehead atoms. The Morgan fingerprint density at radius 3 is 2.61 bits per heavy atom. The van der Waals surface area contributed by atoms with E-state index in [4.69, 9.17) is 11.0 Å². The highest BCUT2D eigenvalue weighted by molar-refractivity contribution is 7.98. The third-order valence-corrected chi connectivity index (χ3v) is 3.59. The standard InChI is InChI=1S/C14H13N3S/c15-8-11-1-3-14(4-2-11)18-10-12-5-6-17-13(7-12)9-16/h1-7H,8,10,15H2. The van der Waals surface area contributed by atoms with Crippen molar-refractivity contribution in [1.82, 2.24) is 4.98 Å². The number of hydrogen-bond acceptors (Lipinski definition) is 4. The maximum absolute atomic E-state index is 8.77. The van der Waals surface area contributed by atoms with Crippen molar-refractivity contribution in [2.45, 2.75) is 17.2 Å². The Hall–Kier alpha value is -1.83. The zero-order chi connectivity index (χ0) is 12.8. The van der Waals surface area contributed by atoms with Crippen LogP contribution in [0.3, 0.4) is 0 Å². The number of nitrogens with zero attached hydrogens (tertiary/aromatic N) is 2. The van der Waals surface area contributed by atoms with Gasteiger partial charge in [0, 0.05) is 23.4 Å². The van der Waals surface area contributed by atoms with Gasteiger partial charge in [-0.15, -0.1) is 11.8 Å². The van der Waals surface area contributed by atoms with Crippen LogP contribution in [-0.2, 0) is 12.3 Å². The monoisotopic (exact) mass is 255 g/mol. The fourth-order valence-corrected chi connectivity index (χ4v) is 2.36. The van der Waals surface area contributed by atoms with E-state index in [2.05, 4.69) is 17.1 Å². The minimum Gasteiger partial charge on any atom is -0.326 e. The predicted molar refractivity (Wildman–Crippen MR) is 72.8 cm³/mol. The SMILES string of the molecule is N#Cc1cc(CSc2ccc(CN)cc2)ccn1. The first kappa shape index (κ1) is 12.6. The van der Waals surface area contributed by atoms with Gasteiger partial charge < -0.3 is 5.73 Å². The Labute approximate surface area is 111 Å². The molecule has 0 aliphatic carbocycles. The third kappa shape index (κ3) is 3.33. The summed E-state index contributed by atoms with van der Waals surface area (Å²) in [6, 6.07) is 14.0. The first-order valence-electron chi connectivity index (χ1n) is 5.58. The second kappa shape index (κ2) is 6.20. The average Bonchev–Trinajstić information content (AvgIpc) is 2.46. The summed E-state index contributed by atoms with van der Waals surface area (Å²) >= 11 is 1.73. The summed E-state index contributed by atoms with van der Waals surface area (Å²) in [5.74, 6) is 0.833. The van der Waals surface area contributed by atoms with Crippen LogP contribution in [0.5, 0.6) is 0 Å². The summed E-state index contributed by atoms with van der Waals surface area (Å²) in [6.45, 7) is 0.570. The van der Waals surface area contributed by atoms with Gasteiger partial charge in [0.1, 0.15) is 11.8 Å². The fourth-order valence-electron chi connectivity index (χ4n) is 1.51. The normalized spacial score (nSPS) is 10.0. The number of pyridine rings is 1. The number of thioether (sulfide) groups is 1. The van der Waals surface area contributed by atoms with E-state index in [1.807, 2.05) is 30.3 Å². The molecule has 3 nitrogen and oxygen atoms in total. The summed E-state index contributed by atoms with van der Waals surface area (Å²) in [5.41, 5.74) is 8.26. The molecule has 4 heteroatoms. The largest absolute Gasteiger partial charge is 0.326 e. The molecule has 0 saturated carbocycles. The molecule has 2 aromatic rings. The average molecular weight is 255 g/mol. The second-order valence-electron chi connectivity index (χ2n) is 3.80. The molecule has 1 aromatic heterocycles. The molecule has 0 unspecified atom stereocenters. The third-order valence-electron chi connectivity index (χ3n) is 2.50. The van der Waals surface area contributed by atoms with Crippen LogP contribution in [0.15, 0.2) is 47.5 Å². The minimum atomic E-state index is 0.464. The van der Waals surface area contributed by atoms with Gasteiger partial charge in [0.05, 0.1) is 0 Å². The van der Waals surface area contributed by atoms with Crippen LogP contribution in [0, 0.1) is 11.3 Å². The van der Waals surface area contributed by atoms with Crippen molar-refractivity contribution in [2.24, 2.45) is 5.73 Å². The second-order valence-corrected chi connectivity index (χ2v) is 4.85. The maximum Gasteiger partial charge on any atom is 0.140 e. The zero-order valence-corrected chi connectivity index (χ0v) is 10.7. The maximum atomic E-state index is 8.77. The Kier molecular flexibility index (Phi) is 4.35. The molecule has 0 fully saturated rings. The van der Waals surface area contributed by atoms with Gasteiger partial charge in [0.25, 0.3) is 0 Å². The number of nitrogens with two attached hydrogens (primary N) is 1. The summed E-state index contributed by atoms with van der Waals surface area (Å²) in [6.07, 6.45) is 1.67. The van der Waals surface area contributed by atoms with Gasteiger partial charge in [-0.05, 0) is 35.4 Å². The van der Waals surface area contributed by atoms with E-state index in [9.17, 15) is 0 Å². The van der Waals surface area contributed by atoms with E-state index in [0.29, 0.717) is 12.2 Å². The van der Waals surface area contributed by atoms with Crippen molar-refractivity contribution in [2.75, 3.05) is 0 Å². The number of nitriles is 1. The lowest BCUT2D eigenvalue weighted by molar-refractivity contribution is 1.07. The zero-order valence-electron chi connectivity index (χ0n) is 9.84. The minimum absolute atomic E-state index is 0.464. The van der Waals surface area contributed by atoms with Gasteiger partial charge in [-0.1, -0.05) is 12.1 Å². The molecule has 1 heterocycles. The summed E-state index contributed by atoms with van der Waals surface area (Å²) in [5, 5.41) is 8.77. The summed E-state index contributed by atoms with van der Waals surface area (Å²) < 4.78 is 0. The molecule has 0 radical (unpaired) electrons. The Morgan fingerprint density at radius 2 is 1.94 bits per heavy atom. The van der Waals surface area contributed by atoms with Crippen molar-refractivity contribution in [1.29, 1.82) is 5.26 Å². The topological polar surface area (TPSA) is 62.7 Å². The smallest absolute Gasteiger partial charge is 0.140 e. The molecule has 0 saturated heterocycles. The molecule has 0 amide bonds. The van der Waals surface area contributed by atoms with Crippen molar-refractivity contribution >= 4 is 11.8 Å². The lowest BCUT2D eigenvalue weighted by Gasteiger charge is -2.03. The van der Waals surface area contributed by atoms with Gasteiger partial charge in [0.15, 0.2) is 0 Å². The highest BCUT2D eigenvalue weighted by Gasteiger charge is 1.99.